The Morgan fingerprint density at radius 1 is 1.33 bits per heavy atom. The number of hydrogen-bond donors (Lipinski definition) is 2. The Labute approximate surface area is 146 Å². The molecule has 6 heteroatoms. The van der Waals surface area contributed by atoms with Crippen LogP contribution in [0.2, 0.25) is 0 Å². The van der Waals surface area contributed by atoms with E-state index in [4.69, 9.17) is 15.2 Å². The van der Waals surface area contributed by atoms with Gasteiger partial charge in [0.1, 0.15) is 12.4 Å². The molecule has 1 unspecified atom stereocenters. The molecule has 3 N–H and O–H groups in total. The van der Waals surface area contributed by atoms with Gasteiger partial charge in [0.15, 0.2) is 5.96 Å². The molecule has 24 heavy (non-hydrogen) atoms. The van der Waals surface area contributed by atoms with E-state index in [-0.39, 0.29) is 0 Å². The highest BCUT2D eigenvalue weighted by Gasteiger charge is 2.02. The van der Waals surface area contributed by atoms with Crippen LogP contribution in [-0.4, -0.2) is 57.4 Å². The van der Waals surface area contributed by atoms with Crippen molar-refractivity contribution in [3.8, 4) is 5.75 Å². The van der Waals surface area contributed by atoms with E-state index in [0.29, 0.717) is 25.2 Å². The van der Waals surface area contributed by atoms with Crippen LogP contribution < -0.4 is 15.8 Å². The maximum absolute atomic E-state index is 5.88. The second-order valence-corrected chi connectivity index (χ2v) is 5.95. The molecule has 0 saturated carbocycles. The van der Waals surface area contributed by atoms with Crippen LogP contribution in [0.1, 0.15) is 25.8 Å². The number of rotatable bonds is 11. The highest BCUT2D eigenvalue weighted by atomic mass is 16.5. The summed E-state index contributed by atoms with van der Waals surface area (Å²) in [5, 5.41) is 3.16. The first kappa shape index (κ1) is 20.3. The molecule has 0 saturated heterocycles. The largest absolute Gasteiger partial charge is 0.492 e. The Morgan fingerprint density at radius 2 is 2.08 bits per heavy atom. The van der Waals surface area contributed by atoms with Gasteiger partial charge in [0, 0.05) is 26.2 Å². The number of likely N-dealkylation sites (N-methyl/N-ethyl adjacent to an activating group) is 1. The molecule has 0 aliphatic rings. The van der Waals surface area contributed by atoms with Crippen LogP contribution in [0.25, 0.3) is 0 Å². The molecule has 0 fully saturated rings. The number of nitrogens with one attached hydrogen (secondary N) is 1. The highest BCUT2D eigenvalue weighted by molar-refractivity contribution is 5.78. The molecule has 0 aliphatic heterocycles. The topological polar surface area (TPSA) is 72.1 Å². The average molecular weight is 336 g/mol. The third-order valence-electron chi connectivity index (χ3n) is 3.76. The summed E-state index contributed by atoms with van der Waals surface area (Å²) >= 11 is 0. The molecule has 0 bridgehead atoms. The first-order valence-electron chi connectivity index (χ1n) is 8.50. The number of nitrogens with zero attached hydrogens (tertiary/aromatic N) is 2. The summed E-state index contributed by atoms with van der Waals surface area (Å²) < 4.78 is 10.9. The fraction of sp³-hybridized carbons (Fsp3) is 0.611. The molecule has 6 nitrogen and oxygen atoms in total. The van der Waals surface area contributed by atoms with Gasteiger partial charge in [0.25, 0.3) is 0 Å². The Hall–Kier alpha value is -1.79. The minimum atomic E-state index is 0.332. The van der Waals surface area contributed by atoms with E-state index in [2.05, 4.69) is 36.1 Å². The number of methoxy groups -OCH3 is 1. The smallest absolute Gasteiger partial charge is 0.189 e. The van der Waals surface area contributed by atoms with Gasteiger partial charge in [-0.05, 0) is 38.1 Å². The number of guanidine groups is 1. The molecular formula is C18H32N4O2. The van der Waals surface area contributed by atoms with Crippen molar-refractivity contribution in [1.82, 2.24) is 10.2 Å². The molecule has 1 atom stereocenters. The van der Waals surface area contributed by atoms with Crippen molar-refractivity contribution in [2.45, 2.75) is 32.9 Å². The van der Waals surface area contributed by atoms with Crippen LogP contribution in [0.5, 0.6) is 5.75 Å². The number of nitrogens with two attached hydrogens (primary N) is 1. The van der Waals surface area contributed by atoms with Crippen molar-refractivity contribution in [3.05, 3.63) is 29.8 Å². The van der Waals surface area contributed by atoms with E-state index >= 15 is 0 Å². The Kier molecular flexibility index (Phi) is 9.88. The Morgan fingerprint density at radius 3 is 2.79 bits per heavy atom. The molecule has 0 aliphatic carbocycles. The van der Waals surface area contributed by atoms with Crippen LogP contribution in [-0.2, 0) is 11.3 Å². The number of hydrogen-bond acceptors (Lipinski definition) is 4. The lowest BCUT2D eigenvalue weighted by Gasteiger charge is -2.16. The van der Waals surface area contributed by atoms with Crippen molar-refractivity contribution in [3.63, 3.8) is 0 Å². The second-order valence-electron chi connectivity index (χ2n) is 5.95. The molecular weight excluding hydrogens is 304 g/mol. The third kappa shape index (κ3) is 8.74. The summed E-state index contributed by atoms with van der Waals surface area (Å²) in [7, 11) is 3.77. The number of benzene rings is 1. The van der Waals surface area contributed by atoms with E-state index in [0.717, 1.165) is 37.4 Å². The third-order valence-corrected chi connectivity index (χ3v) is 3.76. The lowest BCUT2D eigenvalue weighted by molar-refractivity contribution is 0.150. The molecule has 1 rings (SSSR count). The number of ether oxygens (including phenoxy) is 2. The van der Waals surface area contributed by atoms with Gasteiger partial charge in [0.05, 0.1) is 13.2 Å². The molecule has 136 valence electrons. The van der Waals surface area contributed by atoms with E-state index < -0.39 is 0 Å². The van der Waals surface area contributed by atoms with Gasteiger partial charge in [-0.3, -0.25) is 0 Å². The Balaban J connectivity index is 2.42. The minimum Gasteiger partial charge on any atom is -0.492 e. The molecule has 0 heterocycles. The predicted octanol–water partition coefficient (Wildman–Crippen LogP) is 1.85. The van der Waals surface area contributed by atoms with Gasteiger partial charge < -0.3 is 25.4 Å². The highest BCUT2D eigenvalue weighted by Crippen LogP contribution is 2.14. The van der Waals surface area contributed by atoms with Crippen molar-refractivity contribution < 1.29 is 9.47 Å². The van der Waals surface area contributed by atoms with Gasteiger partial charge in [0.2, 0.25) is 0 Å². The zero-order valence-corrected chi connectivity index (χ0v) is 15.4. The lowest BCUT2D eigenvalue weighted by atomic mass is 10.2. The summed E-state index contributed by atoms with van der Waals surface area (Å²) in [5.74, 6) is 1.34. The van der Waals surface area contributed by atoms with E-state index in [1.54, 1.807) is 7.11 Å². The average Bonchev–Trinajstić information content (AvgIpc) is 2.58. The molecule has 1 aromatic rings. The second kappa shape index (κ2) is 11.7. The quantitative estimate of drug-likeness (QED) is 0.477. The summed E-state index contributed by atoms with van der Waals surface area (Å²) in [6, 6.07) is 8.31. The standard InChI is InChI=1S/C18H32N4O2/c1-5-15(2)21-18(19)20-14-16-7-6-8-17(13-16)24-12-10-22(3)9-11-23-4/h6-8,13,15H,5,9-12,14H2,1-4H3,(H3,19,20,21). The van der Waals surface area contributed by atoms with Crippen LogP contribution in [0.15, 0.2) is 29.3 Å². The number of aliphatic imine (C=N–C) groups is 1. The lowest BCUT2D eigenvalue weighted by Crippen LogP contribution is -2.38. The van der Waals surface area contributed by atoms with Crippen molar-refractivity contribution in [2.75, 3.05) is 40.5 Å². The predicted molar refractivity (Wildman–Crippen MR) is 99.5 cm³/mol. The van der Waals surface area contributed by atoms with E-state index in [9.17, 15) is 0 Å². The van der Waals surface area contributed by atoms with Gasteiger partial charge in [-0.25, -0.2) is 4.99 Å². The summed E-state index contributed by atoms with van der Waals surface area (Å²) in [5.41, 5.74) is 6.96. The van der Waals surface area contributed by atoms with Crippen molar-refractivity contribution >= 4 is 5.96 Å². The molecule has 0 spiro atoms. The first-order valence-corrected chi connectivity index (χ1v) is 8.50. The van der Waals surface area contributed by atoms with Gasteiger partial charge in [-0.1, -0.05) is 19.1 Å². The van der Waals surface area contributed by atoms with E-state index in [1.807, 2.05) is 24.3 Å². The van der Waals surface area contributed by atoms with Crippen LogP contribution in [0.3, 0.4) is 0 Å². The first-order chi connectivity index (χ1) is 11.5. The maximum atomic E-state index is 5.88. The minimum absolute atomic E-state index is 0.332. The van der Waals surface area contributed by atoms with Gasteiger partial charge in [-0.2, -0.15) is 0 Å². The normalized spacial score (nSPS) is 13.1. The zero-order valence-electron chi connectivity index (χ0n) is 15.4. The molecule has 0 radical (unpaired) electrons. The molecule has 0 aromatic heterocycles. The van der Waals surface area contributed by atoms with Crippen LogP contribution >= 0.6 is 0 Å². The maximum Gasteiger partial charge on any atom is 0.189 e. The fourth-order valence-corrected chi connectivity index (χ4v) is 1.99. The Bertz CT molecular complexity index is 494. The molecule has 1 aromatic carbocycles. The SMILES string of the molecule is CCC(C)NC(N)=NCc1cccc(OCCN(C)CCOC)c1. The van der Waals surface area contributed by atoms with Crippen LogP contribution in [0.4, 0.5) is 0 Å². The summed E-state index contributed by atoms with van der Waals surface area (Å²) in [6.45, 7) is 7.87. The monoisotopic (exact) mass is 336 g/mol. The van der Waals surface area contributed by atoms with Gasteiger partial charge >= 0.3 is 0 Å². The summed E-state index contributed by atoms with van der Waals surface area (Å²) in [6.07, 6.45) is 1.01. The van der Waals surface area contributed by atoms with Crippen molar-refractivity contribution in [2.24, 2.45) is 10.7 Å². The van der Waals surface area contributed by atoms with Gasteiger partial charge in [-0.15, -0.1) is 0 Å². The van der Waals surface area contributed by atoms with Crippen LogP contribution in [0, 0.1) is 0 Å². The van der Waals surface area contributed by atoms with Crippen molar-refractivity contribution in [1.29, 1.82) is 0 Å². The van der Waals surface area contributed by atoms with E-state index in [1.165, 1.54) is 0 Å². The summed E-state index contributed by atoms with van der Waals surface area (Å²) in [4.78, 5) is 6.55. The zero-order chi connectivity index (χ0) is 17.8. The molecule has 0 amide bonds. The fourth-order valence-electron chi connectivity index (χ4n) is 1.99.